The largest absolute Gasteiger partial charge is 0.433 e. The first-order chi connectivity index (χ1) is 10.6. The van der Waals surface area contributed by atoms with Crippen LogP contribution in [0.1, 0.15) is 24.1 Å². The van der Waals surface area contributed by atoms with Gasteiger partial charge in [0.2, 0.25) is 0 Å². The third-order valence-corrected chi connectivity index (χ3v) is 3.50. The fourth-order valence-electron chi connectivity index (χ4n) is 2.16. The standard InChI is InChI=1S/C13H13F6N3O/c14-12(15,16)8-4-9(5-8)22-11(23)21-6-7-1-2-20-10(3-7)13(17,18)19/h1-3,8-9H,4-6H2,(H2,21,22,23). The van der Waals surface area contributed by atoms with Crippen LogP contribution < -0.4 is 10.6 Å². The number of nitrogens with zero attached hydrogens (tertiary/aromatic N) is 1. The summed E-state index contributed by atoms with van der Waals surface area (Å²) in [6.07, 6.45) is -8.26. The van der Waals surface area contributed by atoms with Gasteiger partial charge in [-0.2, -0.15) is 26.3 Å². The van der Waals surface area contributed by atoms with E-state index in [2.05, 4.69) is 15.6 Å². The van der Waals surface area contributed by atoms with Crippen LogP contribution in [0.3, 0.4) is 0 Å². The Labute approximate surface area is 127 Å². The van der Waals surface area contributed by atoms with Crippen LogP contribution in [0.2, 0.25) is 0 Å². The molecule has 0 radical (unpaired) electrons. The predicted octanol–water partition coefficient (Wildman–Crippen LogP) is 3.24. The molecule has 128 valence electrons. The average molecular weight is 341 g/mol. The highest BCUT2D eigenvalue weighted by atomic mass is 19.4. The van der Waals surface area contributed by atoms with E-state index in [1.165, 1.54) is 6.07 Å². The highest BCUT2D eigenvalue weighted by Crippen LogP contribution is 2.40. The van der Waals surface area contributed by atoms with Crippen LogP contribution >= 0.6 is 0 Å². The Morgan fingerprint density at radius 2 is 1.87 bits per heavy atom. The molecule has 0 bridgehead atoms. The maximum Gasteiger partial charge on any atom is 0.433 e. The van der Waals surface area contributed by atoms with Crippen LogP contribution in [0.25, 0.3) is 0 Å². The minimum Gasteiger partial charge on any atom is -0.335 e. The zero-order valence-corrected chi connectivity index (χ0v) is 11.6. The first-order valence-electron chi connectivity index (χ1n) is 6.69. The van der Waals surface area contributed by atoms with Crippen molar-refractivity contribution in [1.29, 1.82) is 0 Å². The number of hydrogen-bond donors (Lipinski definition) is 2. The summed E-state index contributed by atoms with van der Waals surface area (Å²) >= 11 is 0. The topological polar surface area (TPSA) is 54.0 Å². The Morgan fingerprint density at radius 1 is 1.22 bits per heavy atom. The number of rotatable bonds is 3. The first-order valence-corrected chi connectivity index (χ1v) is 6.69. The second kappa shape index (κ2) is 6.25. The minimum absolute atomic E-state index is 0.184. The van der Waals surface area contributed by atoms with Gasteiger partial charge in [0.1, 0.15) is 5.69 Å². The molecule has 0 atom stereocenters. The molecule has 23 heavy (non-hydrogen) atoms. The first kappa shape index (κ1) is 17.4. The maximum absolute atomic E-state index is 12.5. The normalized spacial score (nSPS) is 21.5. The van der Waals surface area contributed by atoms with Crippen molar-refractivity contribution in [2.45, 2.75) is 37.8 Å². The summed E-state index contributed by atoms with van der Waals surface area (Å²) in [7, 11) is 0. The van der Waals surface area contributed by atoms with Gasteiger partial charge in [0.25, 0.3) is 0 Å². The monoisotopic (exact) mass is 341 g/mol. The van der Waals surface area contributed by atoms with Crippen molar-refractivity contribution in [2.75, 3.05) is 0 Å². The zero-order chi connectivity index (χ0) is 17.3. The average Bonchev–Trinajstić information content (AvgIpc) is 2.38. The van der Waals surface area contributed by atoms with Crippen molar-refractivity contribution >= 4 is 6.03 Å². The lowest BCUT2D eigenvalue weighted by atomic mass is 9.80. The van der Waals surface area contributed by atoms with Crippen LogP contribution in [-0.4, -0.2) is 23.2 Å². The van der Waals surface area contributed by atoms with Gasteiger partial charge < -0.3 is 10.6 Å². The Hall–Kier alpha value is -2.00. The van der Waals surface area contributed by atoms with E-state index in [-0.39, 0.29) is 24.9 Å². The summed E-state index contributed by atoms with van der Waals surface area (Å²) in [6, 6.07) is 0.799. The minimum atomic E-state index is -4.59. The van der Waals surface area contributed by atoms with E-state index in [0.29, 0.717) is 0 Å². The number of pyridine rings is 1. The lowest BCUT2D eigenvalue weighted by molar-refractivity contribution is -0.198. The molecule has 1 aromatic rings. The molecule has 1 aliphatic rings. The van der Waals surface area contributed by atoms with Crippen molar-refractivity contribution in [3.8, 4) is 0 Å². The van der Waals surface area contributed by atoms with Crippen LogP contribution in [0, 0.1) is 5.92 Å². The van der Waals surface area contributed by atoms with E-state index < -0.39 is 36.0 Å². The molecule has 2 rings (SSSR count). The number of carbonyl (C=O) groups excluding carboxylic acids is 1. The number of alkyl halides is 6. The molecular weight excluding hydrogens is 328 g/mol. The molecule has 4 nitrogen and oxygen atoms in total. The highest BCUT2D eigenvalue weighted by molar-refractivity contribution is 5.74. The van der Waals surface area contributed by atoms with Crippen molar-refractivity contribution in [2.24, 2.45) is 5.92 Å². The van der Waals surface area contributed by atoms with Gasteiger partial charge in [-0.05, 0) is 30.5 Å². The SMILES string of the molecule is O=C(NCc1ccnc(C(F)(F)F)c1)NC1CC(C(F)(F)F)C1. The second-order valence-electron chi connectivity index (χ2n) is 5.28. The van der Waals surface area contributed by atoms with Gasteiger partial charge in [-0.15, -0.1) is 0 Å². The molecule has 2 N–H and O–H groups in total. The van der Waals surface area contributed by atoms with Crippen molar-refractivity contribution in [1.82, 2.24) is 15.6 Å². The van der Waals surface area contributed by atoms with E-state index in [4.69, 9.17) is 0 Å². The van der Waals surface area contributed by atoms with Crippen molar-refractivity contribution in [3.05, 3.63) is 29.6 Å². The van der Waals surface area contributed by atoms with Gasteiger partial charge in [0.05, 0.1) is 5.92 Å². The summed E-state index contributed by atoms with van der Waals surface area (Å²) in [5, 5.41) is 4.65. The highest BCUT2D eigenvalue weighted by Gasteiger charge is 2.48. The molecule has 0 unspecified atom stereocenters. The number of aromatic nitrogens is 1. The van der Waals surface area contributed by atoms with Crippen LogP contribution in [0.4, 0.5) is 31.1 Å². The number of hydrogen-bond acceptors (Lipinski definition) is 2. The molecule has 0 aromatic carbocycles. The van der Waals surface area contributed by atoms with Gasteiger partial charge in [-0.1, -0.05) is 0 Å². The molecule has 1 aliphatic carbocycles. The van der Waals surface area contributed by atoms with Crippen molar-refractivity contribution < 1.29 is 31.1 Å². The molecular formula is C13H13F6N3O. The third kappa shape index (κ3) is 4.73. The van der Waals surface area contributed by atoms with Gasteiger partial charge in [0, 0.05) is 18.8 Å². The smallest absolute Gasteiger partial charge is 0.335 e. The number of amides is 2. The van der Waals surface area contributed by atoms with E-state index in [0.717, 1.165) is 12.3 Å². The Kier molecular flexibility index (Phi) is 4.71. The van der Waals surface area contributed by atoms with E-state index in [1.54, 1.807) is 0 Å². The van der Waals surface area contributed by atoms with E-state index in [1.807, 2.05) is 0 Å². The molecule has 0 aliphatic heterocycles. The van der Waals surface area contributed by atoms with Crippen LogP contribution in [-0.2, 0) is 12.7 Å². The molecule has 1 fully saturated rings. The van der Waals surface area contributed by atoms with Gasteiger partial charge in [-0.3, -0.25) is 4.98 Å². The van der Waals surface area contributed by atoms with E-state index in [9.17, 15) is 31.1 Å². The quantitative estimate of drug-likeness (QED) is 0.830. The van der Waals surface area contributed by atoms with E-state index >= 15 is 0 Å². The van der Waals surface area contributed by atoms with Crippen molar-refractivity contribution in [3.63, 3.8) is 0 Å². The van der Waals surface area contributed by atoms with Crippen LogP contribution in [0.5, 0.6) is 0 Å². The summed E-state index contributed by atoms with van der Waals surface area (Å²) in [5.41, 5.74) is -0.895. The molecule has 0 saturated heterocycles. The fourth-order valence-corrected chi connectivity index (χ4v) is 2.16. The van der Waals surface area contributed by atoms with Gasteiger partial charge in [0.15, 0.2) is 0 Å². The summed E-state index contributed by atoms with van der Waals surface area (Å²) in [4.78, 5) is 14.7. The predicted molar refractivity (Wildman–Crippen MR) is 67.2 cm³/mol. The summed E-state index contributed by atoms with van der Waals surface area (Å²) < 4.78 is 74.3. The lowest BCUT2D eigenvalue weighted by Crippen LogP contribution is -2.51. The second-order valence-corrected chi connectivity index (χ2v) is 5.28. The number of urea groups is 1. The molecule has 2 amide bonds. The maximum atomic E-state index is 12.5. The molecule has 0 spiro atoms. The lowest BCUT2D eigenvalue weighted by Gasteiger charge is -2.36. The summed E-state index contributed by atoms with van der Waals surface area (Å²) in [5.74, 6) is -1.41. The molecule has 1 saturated carbocycles. The Bertz CT molecular complexity index is 566. The Balaban J connectivity index is 1.78. The molecule has 1 heterocycles. The third-order valence-electron chi connectivity index (χ3n) is 3.50. The summed E-state index contributed by atoms with van der Waals surface area (Å²) in [6.45, 7) is -0.188. The number of halogens is 6. The zero-order valence-electron chi connectivity index (χ0n) is 11.6. The van der Waals surface area contributed by atoms with Crippen LogP contribution in [0.15, 0.2) is 18.3 Å². The number of carbonyl (C=O) groups is 1. The number of nitrogens with one attached hydrogen (secondary N) is 2. The molecule has 10 heteroatoms. The molecule has 1 aromatic heterocycles. The fraction of sp³-hybridized carbons (Fsp3) is 0.538. The van der Waals surface area contributed by atoms with Gasteiger partial charge in [-0.25, -0.2) is 4.79 Å². The Morgan fingerprint density at radius 3 is 2.43 bits per heavy atom. The van der Waals surface area contributed by atoms with Gasteiger partial charge >= 0.3 is 18.4 Å².